The molecule has 3 aromatic rings. The van der Waals surface area contributed by atoms with Crippen molar-refractivity contribution in [3.05, 3.63) is 54.4 Å². The van der Waals surface area contributed by atoms with Gasteiger partial charge in [0.1, 0.15) is 17.9 Å². The van der Waals surface area contributed by atoms with E-state index in [9.17, 15) is 14.4 Å². The number of carboxylic acids is 2. The van der Waals surface area contributed by atoms with Crippen LogP contribution < -0.4 is 15.5 Å². The summed E-state index contributed by atoms with van der Waals surface area (Å²) in [4.78, 5) is 39.1. The largest absolute Gasteiger partial charge is 0.494 e. The summed E-state index contributed by atoms with van der Waals surface area (Å²) in [7, 11) is 0. The van der Waals surface area contributed by atoms with Crippen LogP contribution >= 0.6 is 0 Å². The number of rotatable bonds is 10. The lowest BCUT2D eigenvalue weighted by Gasteiger charge is -2.11. The lowest BCUT2D eigenvalue weighted by atomic mass is 10.2. The number of aliphatic hydroxyl groups excluding tert-OH is 2. The first-order chi connectivity index (χ1) is 17.7. The molecular formula is C24H24N4O9. The third-order valence-corrected chi connectivity index (χ3v) is 4.65. The van der Waals surface area contributed by atoms with Crippen LogP contribution in [0.15, 0.2) is 48.8 Å². The first-order valence-electron chi connectivity index (χ1n) is 10.6. The summed E-state index contributed by atoms with van der Waals surface area (Å²) in [6.07, 6.45) is 3.08. The first kappa shape index (κ1) is 28.5. The Morgan fingerprint density at radius 1 is 1.03 bits per heavy atom. The number of fused-ring (bicyclic) bond motifs is 1. The van der Waals surface area contributed by atoms with Crippen LogP contribution in [0.3, 0.4) is 0 Å². The van der Waals surface area contributed by atoms with Gasteiger partial charge in [0.2, 0.25) is 5.91 Å². The van der Waals surface area contributed by atoms with Crippen LogP contribution in [-0.4, -0.2) is 72.3 Å². The molecule has 0 aliphatic heterocycles. The Kier molecular flexibility index (Phi) is 10.7. The number of hydrogen-bond acceptors (Lipinski definition) is 10. The number of benzene rings is 2. The molecule has 0 fully saturated rings. The Balaban J connectivity index is 0.000000410. The smallest absolute Gasteiger partial charge is 0.335 e. The number of carbonyl (C=O) groups excluding carboxylic acids is 1. The van der Waals surface area contributed by atoms with Gasteiger partial charge >= 0.3 is 11.9 Å². The number of aliphatic hydroxyl groups is 2. The maximum absolute atomic E-state index is 11.0. The van der Waals surface area contributed by atoms with E-state index in [1.165, 1.54) is 6.33 Å². The van der Waals surface area contributed by atoms with Gasteiger partial charge in [-0.2, -0.15) is 0 Å². The number of hydroxylamine groups is 1. The molecule has 0 aliphatic rings. The molecule has 1 heterocycles. The summed E-state index contributed by atoms with van der Waals surface area (Å²) in [5.41, 5.74) is 3.96. The molecule has 13 heteroatoms. The van der Waals surface area contributed by atoms with Gasteiger partial charge in [0, 0.05) is 23.1 Å². The fourth-order valence-corrected chi connectivity index (χ4v) is 2.80. The highest BCUT2D eigenvalue weighted by molar-refractivity contribution is 5.91. The minimum Gasteiger partial charge on any atom is -0.494 e. The molecule has 37 heavy (non-hydrogen) atoms. The van der Waals surface area contributed by atoms with Crippen LogP contribution in [0.2, 0.25) is 0 Å². The van der Waals surface area contributed by atoms with E-state index < -0.39 is 30.1 Å². The molecule has 0 saturated carbocycles. The Bertz CT molecular complexity index is 1270. The van der Waals surface area contributed by atoms with Crippen molar-refractivity contribution in [1.29, 1.82) is 0 Å². The predicted octanol–water partition coefficient (Wildman–Crippen LogP) is 0.896. The maximum atomic E-state index is 11.0. The molecule has 0 saturated heterocycles. The fraction of sp³-hybridized carbons (Fsp3) is 0.208. The van der Waals surface area contributed by atoms with Crippen LogP contribution in [0.5, 0.6) is 5.75 Å². The van der Waals surface area contributed by atoms with E-state index in [2.05, 4.69) is 21.2 Å². The Hall–Kier alpha value is -4.77. The standard InChI is InChI=1S/C20H18N4O3.C4H6O6/c1-2-14-5-3-6-15(11-14)23-20-17-12-16(8-9-18(17)21-13-22-20)27-10-4-7-19(25)24-26;5-1(3(7)8)2(6)4(9)10/h1,3,5-6,8-9,11-13,26H,4,7,10H2,(H,24,25)(H,21,22,23);1-2,5-6H,(H,7,8)(H,9,10). The van der Waals surface area contributed by atoms with Crippen molar-refractivity contribution in [2.24, 2.45) is 0 Å². The Labute approximate surface area is 210 Å². The zero-order valence-corrected chi connectivity index (χ0v) is 19.2. The number of nitrogens with one attached hydrogen (secondary N) is 2. The van der Waals surface area contributed by atoms with Crippen LogP contribution in [-0.2, 0) is 14.4 Å². The zero-order valence-electron chi connectivity index (χ0n) is 19.2. The summed E-state index contributed by atoms with van der Waals surface area (Å²) in [6, 6.07) is 13.0. The molecule has 7 N–H and O–H groups in total. The highest BCUT2D eigenvalue weighted by atomic mass is 16.5. The third kappa shape index (κ3) is 8.75. The van der Waals surface area contributed by atoms with E-state index in [1.807, 2.05) is 42.5 Å². The number of carboxylic acid groups (broad SMARTS) is 2. The highest BCUT2D eigenvalue weighted by Crippen LogP contribution is 2.27. The van der Waals surface area contributed by atoms with Gasteiger partial charge in [-0.15, -0.1) is 6.42 Å². The second-order valence-corrected chi connectivity index (χ2v) is 7.30. The van der Waals surface area contributed by atoms with Gasteiger partial charge < -0.3 is 30.5 Å². The van der Waals surface area contributed by atoms with Crippen molar-refractivity contribution >= 4 is 40.3 Å². The minimum absolute atomic E-state index is 0.186. The molecule has 1 amide bonds. The van der Waals surface area contributed by atoms with E-state index in [4.69, 9.17) is 36.8 Å². The monoisotopic (exact) mass is 512 g/mol. The Morgan fingerprint density at radius 3 is 2.35 bits per heavy atom. The number of carbonyl (C=O) groups is 3. The van der Waals surface area contributed by atoms with Gasteiger partial charge in [0.15, 0.2) is 12.2 Å². The molecule has 13 nitrogen and oxygen atoms in total. The molecule has 0 bridgehead atoms. The van der Waals surface area contributed by atoms with Crippen LogP contribution in [0.1, 0.15) is 18.4 Å². The average molecular weight is 512 g/mol. The van der Waals surface area contributed by atoms with Gasteiger partial charge in [-0.3, -0.25) is 10.0 Å². The number of ether oxygens (including phenoxy) is 1. The van der Waals surface area contributed by atoms with E-state index >= 15 is 0 Å². The zero-order chi connectivity index (χ0) is 27.4. The van der Waals surface area contributed by atoms with E-state index in [0.29, 0.717) is 24.6 Å². The van der Waals surface area contributed by atoms with Gasteiger partial charge in [-0.1, -0.05) is 12.0 Å². The number of aliphatic carboxylic acids is 2. The lowest BCUT2D eigenvalue weighted by Crippen LogP contribution is -2.39. The van der Waals surface area contributed by atoms with Crippen LogP contribution in [0.4, 0.5) is 11.5 Å². The number of anilines is 2. The number of amides is 1. The molecule has 0 spiro atoms. The van der Waals surface area contributed by atoms with Gasteiger partial charge in [-0.05, 0) is 42.8 Å². The lowest BCUT2D eigenvalue weighted by molar-refractivity contribution is -0.165. The summed E-state index contributed by atoms with van der Waals surface area (Å²) in [6.45, 7) is 0.347. The maximum Gasteiger partial charge on any atom is 0.335 e. The Morgan fingerprint density at radius 2 is 1.73 bits per heavy atom. The van der Waals surface area contributed by atoms with Crippen molar-refractivity contribution in [2.75, 3.05) is 11.9 Å². The quantitative estimate of drug-likeness (QED) is 0.0874. The van der Waals surface area contributed by atoms with Crippen molar-refractivity contribution in [3.8, 4) is 18.1 Å². The summed E-state index contributed by atoms with van der Waals surface area (Å²) in [5, 5.41) is 45.1. The van der Waals surface area contributed by atoms with E-state index in [0.717, 1.165) is 22.2 Å². The van der Waals surface area contributed by atoms with Crippen LogP contribution in [0.25, 0.3) is 10.9 Å². The summed E-state index contributed by atoms with van der Waals surface area (Å²) >= 11 is 0. The molecule has 1 aromatic heterocycles. The molecule has 3 rings (SSSR count). The second kappa shape index (κ2) is 14.0. The molecular weight excluding hydrogens is 488 g/mol. The number of terminal acetylenes is 1. The fourth-order valence-electron chi connectivity index (χ4n) is 2.80. The highest BCUT2D eigenvalue weighted by Gasteiger charge is 2.29. The molecule has 0 aliphatic carbocycles. The third-order valence-electron chi connectivity index (χ3n) is 4.65. The summed E-state index contributed by atoms with van der Waals surface area (Å²) in [5.74, 6) is -0.0935. The van der Waals surface area contributed by atoms with Crippen LogP contribution in [0, 0.1) is 12.3 Å². The second-order valence-electron chi connectivity index (χ2n) is 7.30. The number of aromatic nitrogens is 2. The summed E-state index contributed by atoms with van der Waals surface area (Å²) < 4.78 is 5.68. The topological polar surface area (TPSA) is 211 Å². The normalized spacial score (nSPS) is 11.7. The molecule has 2 unspecified atom stereocenters. The average Bonchev–Trinajstić information content (AvgIpc) is 2.90. The van der Waals surface area contributed by atoms with E-state index in [1.54, 1.807) is 5.48 Å². The molecule has 0 radical (unpaired) electrons. The molecule has 2 aromatic carbocycles. The van der Waals surface area contributed by atoms with Crippen molar-refractivity contribution in [3.63, 3.8) is 0 Å². The predicted molar refractivity (Wildman–Crippen MR) is 129 cm³/mol. The van der Waals surface area contributed by atoms with Gasteiger partial charge in [-0.25, -0.2) is 25.0 Å². The number of nitrogens with zero attached hydrogens (tertiary/aromatic N) is 2. The molecule has 194 valence electrons. The van der Waals surface area contributed by atoms with Crippen molar-refractivity contribution in [1.82, 2.24) is 15.4 Å². The minimum atomic E-state index is -2.27. The SMILES string of the molecule is C#Cc1cccc(Nc2ncnc3ccc(OCCCC(=O)NO)cc23)c1.O=C(O)C(O)C(O)C(=O)O. The van der Waals surface area contributed by atoms with Crippen molar-refractivity contribution in [2.45, 2.75) is 25.0 Å². The van der Waals surface area contributed by atoms with Gasteiger partial charge in [0.25, 0.3) is 0 Å². The first-order valence-corrected chi connectivity index (χ1v) is 10.6. The van der Waals surface area contributed by atoms with Gasteiger partial charge in [0.05, 0.1) is 12.1 Å². The number of hydrogen-bond donors (Lipinski definition) is 7. The molecule has 2 atom stereocenters. The van der Waals surface area contributed by atoms with E-state index in [-0.39, 0.29) is 6.42 Å². The van der Waals surface area contributed by atoms with Crippen molar-refractivity contribution < 1.29 is 44.8 Å².